The quantitative estimate of drug-likeness (QED) is 0.867. The normalized spacial score (nSPS) is 20.2. The number of hydrogen-bond acceptors (Lipinski definition) is 4. The van der Waals surface area contributed by atoms with E-state index in [9.17, 15) is 0 Å². The molecule has 18 heavy (non-hydrogen) atoms. The zero-order valence-electron chi connectivity index (χ0n) is 11.4. The second-order valence-electron chi connectivity index (χ2n) is 5.20. The van der Waals surface area contributed by atoms with Gasteiger partial charge in [0.2, 0.25) is 0 Å². The van der Waals surface area contributed by atoms with Gasteiger partial charge in [-0.2, -0.15) is 0 Å². The van der Waals surface area contributed by atoms with Crippen LogP contribution in [0.5, 0.6) is 0 Å². The van der Waals surface area contributed by atoms with Gasteiger partial charge in [0.05, 0.1) is 0 Å². The summed E-state index contributed by atoms with van der Waals surface area (Å²) in [5.74, 6) is 0. The summed E-state index contributed by atoms with van der Waals surface area (Å²) in [7, 11) is 0. The van der Waals surface area contributed by atoms with Crippen molar-refractivity contribution in [2.45, 2.75) is 25.9 Å². The summed E-state index contributed by atoms with van der Waals surface area (Å²) in [6.45, 7) is 9.63. The zero-order chi connectivity index (χ0) is 13.0. The number of piperazine rings is 1. The lowest BCUT2D eigenvalue weighted by Gasteiger charge is -2.40. The summed E-state index contributed by atoms with van der Waals surface area (Å²) in [5, 5.41) is 0. The lowest BCUT2D eigenvalue weighted by molar-refractivity contribution is 0.0801. The van der Waals surface area contributed by atoms with Crippen molar-refractivity contribution < 1.29 is 0 Å². The summed E-state index contributed by atoms with van der Waals surface area (Å²) in [6.07, 6.45) is 3.75. The predicted octanol–water partition coefficient (Wildman–Crippen LogP) is 1.11. The van der Waals surface area contributed by atoms with Crippen molar-refractivity contribution in [1.29, 1.82) is 0 Å². The van der Waals surface area contributed by atoms with Gasteiger partial charge in [-0.3, -0.25) is 14.8 Å². The Bertz CT molecular complexity index is 344. The Kier molecular flexibility index (Phi) is 4.69. The van der Waals surface area contributed by atoms with Gasteiger partial charge in [0, 0.05) is 57.2 Å². The van der Waals surface area contributed by atoms with Gasteiger partial charge in [0.1, 0.15) is 0 Å². The molecule has 1 unspecified atom stereocenters. The van der Waals surface area contributed by atoms with Crippen LogP contribution in [0.2, 0.25) is 0 Å². The Morgan fingerprint density at radius 1 is 1.22 bits per heavy atom. The Balaban J connectivity index is 1.99. The van der Waals surface area contributed by atoms with Crippen LogP contribution in [-0.4, -0.2) is 53.5 Å². The summed E-state index contributed by atoms with van der Waals surface area (Å²) in [4.78, 5) is 9.20. The molecule has 0 aliphatic carbocycles. The van der Waals surface area contributed by atoms with Crippen LogP contribution in [0.3, 0.4) is 0 Å². The first kappa shape index (κ1) is 13.5. The Hall–Kier alpha value is -0.970. The minimum absolute atomic E-state index is 0.313. The average Bonchev–Trinajstić information content (AvgIpc) is 2.41. The third kappa shape index (κ3) is 3.07. The van der Waals surface area contributed by atoms with Crippen molar-refractivity contribution in [2.24, 2.45) is 5.73 Å². The van der Waals surface area contributed by atoms with Crippen molar-refractivity contribution in [3.8, 4) is 0 Å². The molecule has 4 heteroatoms. The van der Waals surface area contributed by atoms with Gasteiger partial charge in [-0.15, -0.1) is 0 Å². The van der Waals surface area contributed by atoms with Crippen LogP contribution in [0.25, 0.3) is 0 Å². The molecule has 0 saturated carbocycles. The lowest BCUT2D eigenvalue weighted by atomic mass is 10.1. The Morgan fingerprint density at radius 2 is 1.89 bits per heavy atom. The SMILES string of the molecule is CC(C)N1CCN(C(CN)c2cccnc2)CC1. The Morgan fingerprint density at radius 3 is 2.39 bits per heavy atom. The molecule has 2 rings (SSSR count). The minimum atomic E-state index is 0.313. The fourth-order valence-electron chi connectivity index (χ4n) is 2.63. The topological polar surface area (TPSA) is 45.4 Å². The number of nitrogens with zero attached hydrogens (tertiary/aromatic N) is 3. The summed E-state index contributed by atoms with van der Waals surface area (Å²) < 4.78 is 0. The molecule has 1 aromatic heterocycles. The number of hydrogen-bond donors (Lipinski definition) is 1. The number of nitrogens with two attached hydrogens (primary N) is 1. The van der Waals surface area contributed by atoms with Crippen LogP contribution in [0.4, 0.5) is 0 Å². The third-order valence-corrected chi connectivity index (χ3v) is 3.81. The Labute approximate surface area is 110 Å². The first-order valence-corrected chi connectivity index (χ1v) is 6.80. The van der Waals surface area contributed by atoms with E-state index in [2.05, 4.69) is 34.7 Å². The maximum atomic E-state index is 5.95. The molecular weight excluding hydrogens is 224 g/mol. The highest BCUT2D eigenvalue weighted by Gasteiger charge is 2.24. The van der Waals surface area contributed by atoms with Gasteiger partial charge in [0.15, 0.2) is 0 Å². The first-order valence-electron chi connectivity index (χ1n) is 6.80. The number of aromatic nitrogens is 1. The number of rotatable bonds is 4. The molecule has 1 saturated heterocycles. The maximum Gasteiger partial charge on any atom is 0.0486 e. The standard InChI is InChI=1S/C14H24N4/c1-12(2)17-6-8-18(9-7-17)14(10-15)13-4-3-5-16-11-13/h3-5,11-12,14H,6-10,15H2,1-2H3. The minimum Gasteiger partial charge on any atom is -0.329 e. The van der Waals surface area contributed by atoms with Crippen LogP contribution < -0.4 is 5.73 Å². The molecule has 1 atom stereocenters. The predicted molar refractivity (Wildman–Crippen MR) is 74.3 cm³/mol. The van der Waals surface area contributed by atoms with E-state index in [0.717, 1.165) is 26.2 Å². The summed E-state index contributed by atoms with van der Waals surface area (Å²) >= 11 is 0. The number of pyridine rings is 1. The first-order chi connectivity index (χ1) is 8.72. The second kappa shape index (κ2) is 6.27. The molecule has 1 fully saturated rings. The van der Waals surface area contributed by atoms with Crippen molar-refractivity contribution in [1.82, 2.24) is 14.8 Å². The van der Waals surface area contributed by atoms with Crippen LogP contribution in [0.1, 0.15) is 25.5 Å². The summed E-state index contributed by atoms with van der Waals surface area (Å²) in [6, 6.07) is 5.07. The van der Waals surface area contributed by atoms with Crippen LogP contribution in [0, 0.1) is 0 Å². The second-order valence-corrected chi connectivity index (χ2v) is 5.20. The highest BCUT2D eigenvalue weighted by Crippen LogP contribution is 2.20. The molecule has 100 valence electrons. The van der Waals surface area contributed by atoms with E-state index in [1.807, 2.05) is 18.5 Å². The molecule has 0 aromatic carbocycles. The molecule has 1 aliphatic rings. The van der Waals surface area contributed by atoms with Gasteiger partial charge in [-0.1, -0.05) is 6.07 Å². The lowest BCUT2D eigenvalue weighted by Crippen LogP contribution is -2.50. The fraction of sp³-hybridized carbons (Fsp3) is 0.643. The van der Waals surface area contributed by atoms with Gasteiger partial charge in [0.25, 0.3) is 0 Å². The summed E-state index contributed by atoms with van der Waals surface area (Å²) in [5.41, 5.74) is 7.18. The van der Waals surface area contributed by atoms with Crippen molar-refractivity contribution >= 4 is 0 Å². The van der Waals surface area contributed by atoms with E-state index in [0.29, 0.717) is 18.6 Å². The van der Waals surface area contributed by atoms with Crippen LogP contribution in [-0.2, 0) is 0 Å². The van der Waals surface area contributed by atoms with Crippen LogP contribution >= 0.6 is 0 Å². The molecule has 0 bridgehead atoms. The van der Waals surface area contributed by atoms with E-state index in [4.69, 9.17) is 5.73 Å². The molecule has 0 amide bonds. The van der Waals surface area contributed by atoms with E-state index >= 15 is 0 Å². The molecule has 2 heterocycles. The molecule has 1 aliphatic heterocycles. The maximum absolute atomic E-state index is 5.95. The highest BCUT2D eigenvalue weighted by atomic mass is 15.3. The monoisotopic (exact) mass is 248 g/mol. The molecule has 2 N–H and O–H groups in total. The van der Waals surface area contributed by atoms with E-state index < -0.39 is 0 Å². The highest BCUT2D eigenvalue weighted by molar-refractivity contribution is 5.14. The van der Waals surface area contributed by atoms with E-state index in [-0.39, 0.29) is 0 Å². The molecule has 0 spiro atoms. The molecule has 0 radical (unpaired) electrons. The van der Waals surface area contributed by atoms with E-state index in [1.54, 1.807) is 0 Å². The third-order valence-electron chi connectivity index (χ3n) is 3.81. The van der Waals surface area contributed by atoms with Gasteiger partial charge < -0.3 is 5.73 Å². The van der Waals surface area contributed by atoms with Crippen molar-refractivity contribution in [3.63, 3.8) is 0 Å². The smallest absolute Gasteiger partial charge is 0.0486 e. The van der Waals surface area contributed by atoms with Gasteiger partial charge in [-0.25, -0.2) is 0 Å². The molecular formula is C14H24N4. The van der Waals surface area contributed by atoms with Gasteiger partial charge >= 0.3 is 0 Å². The average molecular weight is 248 g/mol. The molecule has 1 aromatic rings. The van der Waals surface area contributed by atoms with E-state index in [1.165, 1.54) is 5.56 Å². The zero-order valence-corrected chi connectivity index (χ0v) is 11.4. The van der Waals surface area contributed by atoms with Crippen molar-refractivity contribution in [3.05, 3.63) is 30.1 Å². The van der Waals surface area contributed by atoms with Crippen LogP contribution in [0.15, 0.2) is 24.5 Å². The molecule has 4 nitrogen and oxygen atoms in total. The van der Waals surface area contributed by atoms with Gasteiger partial charge in [-0.05, 0) is 25.5 Å². The fourth-order valence-corrected chi connectivity index (χ4v) is 2.63. The largest absolute Gasteiger partial charge is 0.329 e. The van der Waals surface area contributed by atoms with Crippen molar-refractivity contribution in [2.75, 3.05) is 32.7 Å².